The lowest BCUT2D eigenvalue weighted by molar-refractivity contribution is -0.118. The molecule has 0 saturated heterocycles. The minimum atomic E-state index is -0.0522. The standard InChI is InChI=1S/C21H23N3O3S/c1-3-15(16-7-5-4-6-8-16)13-22-19(25)14-28-21-24-23-20(27-21)17-9-11-18(26-2)12-10-17/h4-12,15H,3,13-14H2,1-2H3,(H,22,25). The number of amides is 1. The van der Waals surface area contributed by atoms with E-state index in [0.717, 1.165) is 17.7 Å². The first kappa shape index (κ1) is 19.9. The monoisotopic (exact) mass is 397 g/mol. The summed E-state index contributed by atoms with van der Waals surface area (Å²) >= 11 is 1.23. The van der Waals surface area contributed by atoms with E-state index in [9.17, 15) is 4.79 Å². The van der Waals surface area contributed by atoms with Crippen LogP contribution < -0.4 is 10.1 Å². The largest absolute Gasteiger partial charge is 0.497 e. The van der Waals surface area contributed by atoms with Gasteiger partial charge in [0.15, 0.2) is 0 Å². The summed E-state index contributed by atoms with van der Waals surface area (Å²) in [5, 5.41) is 11.4. The molecule has 1 atom stereocenters. The molecule has 1 unspecified atom stereocenters. The summed E-state index contributed by atoms with van der Waals surface area (Å²) in [5.74, 6) is 1.66. The minimum Gasteiger partial charge on any atom is -0.497 e. The molecule has 0 aliphatic rings. The highest BCUT2D eigenvalue weighted by atomic mass is 32.2. The molecule has 1 amide bonds. The Balaban J connectivity index is 1.48. The Morgan fingerprint density at radius 2 is 1.89 bits per heavy atom. The average molecular weight is 398 g/mol. The van der Waals surface area contributed by atoms with Crippen LogP contribution in [-0.2, 0) is 4.79 Å². The van der Waals surface area contributed by atoms with Gasteiger partial charge in [0.1, 0.15) is 5.75 Å². The van der Waals surface area contributed by atoms with Crippen LogP contribution in [0.1, 0.15) is 24.8 Å². The summed E-state index contributed by atoms with van der Waals surface area (Å²) in [6.07, 6.45) is 0.965. The Bertz CT molecular complexity index is 881. The van der Waals surface area contributed by atoms with E-state index in [0.29, 0.717) is 23.6 Å². The van der Waals surface area contributed by atoms with Crippen molar-refractivity contribution in [3.8, 4) is 17.2 Å². The van der Waals surface area contributed by atoms with Gasteiger partial charge in [-0.15, -0.1) is 10.2 Å². The maximum absolute atomic E-state index is 12.2. The summed E-state index contributed by atoms with van der Waals surface area (Å²) < 4.78 is 10.8. The molecule has 0 bridgehead atoms. The molecule has 2 aromatic carbocycles. The van der Waals surface area contributed by atoms with Crippen LogP contribution in [0.25, 0.3) is 11.5 Å². The summed E-state index contributed by atoms with van der Waals surface area (Å²) in [6, 6.07) is 17.6. The van der Waals surface area contributed by atoms with Crippen molar-refractivity contribution in [1.82, 2.24) is 15.5 Å². The Labute approximate surface area is 168 Å². The van der Waals surface area contributed by atoms with Crippen molar-refractivity contribution in [3.05, 3.63) is 60.2 Å². The Kier molecular flexibility index (Phi) is 7.08. The molecule has 0 aliphatic carbocycles. The maximum atomic E-state index is 12.2. The average Bonchev–Trinajstić information content (AvgIpc) is 3.22. The molecule has 0 saturated carbocycles. The van der Waals surface area contributed by atoms with Gasteiger partial charge >= 0.3 is 0 Å². The molecule has 0 radical (unpaired) electrons. The number of ether oxygens (including phenoxy) is 1. The fourth-order valence-electron chi connectivity index (χ4n) is 2.76. The SMILES string of the molecule is CCC(CNC(=O)CSc1nnc(-c2ccc(OC)cc2)o1)c1ccccc1. The van der Waals surface area contributed by atoms with E-state index in [-0.39, 0.29) is 11.7 Å². The number of thioether (sulfide) groups is 1. The number of carbonyl (C=O) groups is 1. The number of hydrogen-bond donors (Lipinski definition) is 1. The first-order valence-corrected chi connectivity index (χ1v) is 10.1. The second kappa shape index (κ2) is 9.94. The summed E-state index contributed by atoms with van der Waals surface area (Å²) in [6.45, 7) is 2.73. The lowest BCUT2D eigenvalue weighted by Gasteiger charge is -2.15. The minimum absolute atomic E-state index is 0.0522. The Hall–Kier alpha value is -2.80. The quantitative estimate of drug-likeness (QED) is 0.547. The molecular weight excluding hydrogens is 374 g/mol. The van der Waals surface area contributed by atoms with Crippen molar-refractivity contribution >= 4 is 17.7 Å². The molecule has 28 heavy (non-hydrogen) atoms. The van der Waals surface area contributed by atoms with Gasteiger partial charge in [0.05, 0.1) is 12.9 Å². The fraction of sp³-hybridized carbons (Fsp3) is 0.286. The highest BCUT2D eigenvalue weighted by Crippen LogP contribution is 2.25. The van der Waals surface area contributed by atoms with E-state index in [1.54, 1.807) is 7.11 Å². The van der Waals surface area contributed by atoms with Gasteiger partial charge in [0, 0.05) is 18.0 Å². The lowest BCUT2D eigenvalue weighted by Crippen LogP contribution is -2.29. The second-order valence-corrected chi connectivity index (χ2v) is 7.14. The van der Waals surface area contributed by atoms with E-state index < -0.39 is 0 Å². The van der Waals surface area contributed by atoms with E-state index >= 15 is 0 Å². The summed E-state index contributed by atoms with van der Waals surface area (Å²) in [7, 11) is 1.62. The van der Waals surface area contributed by atoms with Crippen LogP contribution in [0.5, 0.6) is 5.75 Å². The van der Waals surface area contributed by atoms with Crippen molar-refractivity contribution in [2.24, 2.45) is 0 Å². The van der Waals surface area contributed by atoms with E-state index in [4.69, 9.17) is 9.15 Å². The predicted molar refractivity (Wildman–Crippen MR) is 109 cm³/mol. The molecule has 0 aliphatic heterocycles. The van der Waals surface area contributed by atoms with E-state index in [1.807, 2.05) is 42.5 Å². The van der Waals surface area contributed by atoms with E-state index in [2.05, 4.69) is 34.6 Å². The Morgan fingerprint density at radius 3 is 2.57 bits per heavy atom. The summed E-state index contributed by atoms with van der Waals surface area (Å²) in [4.78, 5) is 12.2. The Morgan fingerprint density at radius 1 is 1.14 bits per heavy atom. The number of aromatic nitrogens is 2. The molecular formula is C21H23N3O3S. The van der Waals surface area contributed by atoms with Crippen molar-refractivity contribution in [2.45, 2.75) is 24.5 Å². The van der Waals surface area contributed by atoms with Gasteiger partial charge < -0.3 is 14.5 Å². The van der Waals surface area contributed by atoms with Crippen molar-refractivity contribution in [2.75, 3.05) is 19.4 Å². The number of nitrogens with zero attached hydrogens (tertiary/aromatic N) is 2. The third kappa shape index (κ3) is 5.36. The van der Waals surface area contributed by atoms with Crippen LogP contribution in [0, 0.1) is 0 Å². The number of methoxy groups -OCH3 is 1. The molecule has 7 heteroatoms. The molecule has 3 aromatic rings. The number of benzene rings is 2. The van der Waals surface area contributed by atoms with Crippen LogP contribution in [0.15, 0.2) is 64.2 Å². The third-order valence-electron chi connectivity index (χ3n) is 4.38. The van der Waals surface area contributed by atoms with Gasteiger partial charge in [0.2, 0.25) is 11.8 Å². The van der Waals surface area contributed by atoms with Gasteiger partial charge in [-0.2, -0.15) is 0 Å². The first-order chi connectivity index (χ1) is 13.7. The summed E-state index contributed by atoms with van der Waals surface area (Å²) in [5.41, 5.74) is 2.04. The molecule has 0 fully saturated rings. The fourth-order valence-corrected chi connectivity index (χ4v) is 3.35. The van der Waals surface area contributed by atoms with E-state index in [1.165, 1.54) is 17.3 Å². The number of nitrogens with one attached hydrogen (secondary N) is 1. The molecule has 1 heterocycles. The highest BCUT2D eigenvalue weighted by molar-refractivity contribution is 7.99. The van der Waals surface area contributed by atoms with Gasteiger partial charge in [-0.05, 0) is 36.2 Å². The first-order valence-electron chi connectivity index (χ1n) is 9.12. The second-order valence-electron chi connectivity index (χ2n) is 6.21. The topological polar surface area (TPSA) is 77.2 Å². The molecule has 0 spiro atoms. The lowest BCUT2D eigenvalue weighted by atomic mass is 9.96. The van der Waals surface area contributed by atoms with Crippen LogP contribution in [0.3, 0.4) is 0 Å². The van der Waals surface area contributed by atoms with Gasteiger partial charge in [0.25, 0.3) is 5.22 Å². The van der Waals surface area contributed by atoms with Crippen LogP contribution >= 0.6 is 11.8 Å². The number of carbonyl (C=O) groups excluding carboxylic acids is 1. The van der Waals surface area contributed by atoms with Gasteiger partial charge in [-0.3, -0.25) is 4.79 Å². The number of hydrogen-bond acceptors (Lipinski definition) is 6. The van der Waals surface area contributed by atoms with Gasteiger partial charge in [-0.25, -0.2) is 0 Å². The molecule has 1 aromatic heterocycles. The van der Waals surface area contributed by atoms with Crippen molar-refractivity contribution < 1.29 is 13.9 Å². The molecule has 3 rings (SSSR count). The van der Waals surface area contributed by atoms with Crippen LogP contribution in [0.4, 0.5) is 0 Å². The zero-order valence-electron chi connectivity index (χ0n) is 15.9. The van der Waals surface area contributed by atoms with Gasteiger partial charge in [-0.1, -0.05) is 49.0 Å². The highest BCUT2D eigenvalue weighted by Gasteiger charge is 2.13. The van der Waals surface area contributed by atoms with Crippen LogP contribution in [-0.4, -0.2) is 35.5 Å². The smallest absolute Gasteiger partial charge is 0.277 e. The molecule has 146 valence electrons. The normalized spacial score (nSPS) is 11.8. The third-order valence-corrected chi connectivity index (χ3v) is 5.20. The predicted octanol–water partition coefficient (Wildman–Crippen LogP) is 4.15. The number of rotatable bonds is 9. The van der Waals surface area contributed by atoms with Crippen molar-refractivity contribution in [3.63, 3.8) is 0 Å². The zero-order valence-corrected chi connectivity index (χ0v) is 16.7. The van der Waals surface area contributed by atoms with Crippen molar-refractivity contribution in [1.29, 1.82) is 0 Å². The maximum Gasteiger partial charge on any atom is 0.277 e. The molecule has 1 N–H and O–H groups in total. The zero-order chi connectivity index (χ0) is 19.8. The van der Waals surface area contributed by atoms with Crippen LogP contribution in [0.2, 0.25) is 0 Å². The molecule has 6 nitrogen and oxygen atoms in total.